The number of nitrogens with two attached hydrogens (primary N) is 1. The first-order valence-corrected chi connectivity index (χ1v) is 19.2. The summed E-state index contributed by atoms with van der Waals surface area (Å²) in [5.41, 5.74) is 5.32. The third-order valence-corrected chi connectivity index (χ3v) is 8.39. The number of phosphoric ester groups is 1. The Bertz CT molecular complexity index is 749. The number of carbonyl (C=O) groups excluding carboxylic acids is 2. The first kappa shape index (κ1) is 42.8. The molecule has 0 radical (unpaired) electrons. The first-order valence-electron chi connectivity index (χ1n) is 17.7. The molecule has 1 unspecified atom stereocenters. The van der Waals surface area contributed by atoms with Crippen LogP contribution in [0, 0.1) is 0 Å². The van der Waals surface area contributed by atoms with Crippen molar-refractivity contribution >= 4 is 19.8 Å². The Kier molecular flexibility index (Phi) is 30.8. The summed E-state index contributed by atoms with van der Waals surface area (Å²) in [5, 5.41) is 0. The topological polar surface area (TPSA) is 134 Å². The monoisotopic (exact) mass is 647 g/mol. The fraction of sp³-hybridized carbons (Fsp3) is 0.882. The average molecular weight is 648 g/mol. The van der Waals surface area contributed by atoms with Crippen molar-refractivity contribution < 1.29 is 37.6 Å². The van der Waals surface area contributed by atoms with Gasteiger partial charge in [-0.05, 0) is 32.1 Å². The second kappa shape index (κ2) is 31.7. The summed E-state index contributed by atoms with van der Waals surface area (Å²) in [6, 6.07) is 0. The van der Waals surface area contributed by atoms with Crippen LogP contribution in [0.3, 0.4) is 0 Å². The third kappa shape index (κ3) is 30.8. The van der Waals surface area contributed by atoms with Gasteiger partial charge in [0.2, 0.25) is 0 Å². The molecule has 2 atom stereocenters. The Hall–Kier alpha value is -1.25. The van der Waals surface area contributed by atoms with Crippen LogP contribution in [0.4, 0.5) is 0 Å². The third-order valence-electron chi connectivity index (χ3n) is 7.40. The number of carbonyl (C=O) groups is 2. The van der Waals surface area contributed by atoms with Gasteiger partial charge in [0.15, 0.2) is 6.10 Å². The average Bonchev–Trinajstić information content (AvgIpc) is 3.00. The highest BCUT2D eigenvalue weighted by Gasteiger charge is 2.25. The van der Waals surface area contributed by atoms with Crippen molar-refractivity contribution in [2.24, 2.45) is 5.73 Å². The Balaban J connectivity index is 4.27. The summed E-state index contributed by atoms with van der Waals surface area (Å²) in [7, 11) is -4.36. The zero-order valence-electron chi connectivity index (χ0n) is 28.2. The van der Waals surface area contributed by atoms with Gasteiger partial charge in [0.05, 0.1) is 13.2 Å². The Labute approximate surface area is 269 Å². The van der Waals surface area contributed by atoms with Crippen molar-refractivity contribution in [3.05, 3.63) is 12.2 Å². The number of hydrogen-bond donors (Lipinski definition) is 2. The van der Waals surface area contributed by atoms with Crippen LogP contribution < -0.4 is 5.73 Å². The highest BCUT2D eigenvalue weighted by Crippen LogP contribution is 2.43. The van der Waals surface area contributed by atoms with Crippen molar-refractivity contribution in [2.75, 3.05) is 26.4 Å². The number of rotatable bonds is 33. The number of esters is 2. The van der Waals surface area contributed by atoms with Crippen LogP contribution in [0.15, 0.2) is 12.2 Å². The van der Waals surface area contributed by atoms with Gasteiger partial charge in [0, 0.05) is 19.4 Å². The lowest BCUT2D eigenvalue weighted by molar-refractivity contribution is -0.161. The molecule has 3 N–H and O–H groups in total. The van der Waals surface area contributed by atoms with E-state index in [0.29, 0.717) is 6.42 Å². The molecule has 0 aliphatic carbocycles. The van der Waals surface area contributed by atoms with Gasteiger partial charge >= 0.3 is 19.8 Å². The van der Waals surface area contributed by atoms with Crippen LogP contribution in [0.2, 0.25) is 0 Å². The van der Waals surface area contributed by atoms with Crippen LogP contribution in [0.1, 0.15) is 162 Å². The van der Waals surface area contributed by atoms with E-state index >= 15 is 0 Å². The molecule has 0 aromatic rings. The minimum atomic E-state index is -4.36. The van der Waals surface area contributed by atoms with Crippen LogP contribution in [-0.2, 0) is 32.7 Å². The number of unbranched alkanes of at least 4 members (excludes halogenated alkanes) is 18. The number of hydrogen-bond acceptors (Lipinski definition) is 8. The quantitative estimate of drug-likeness (QED) is 0.0309. The molecule has 260 valence electrons. The van der Waals surface area contributed by atoms with Crippen LogP contribution in [-0.4, -0.2) is 49.3 Å². The predicted molar refractivity (Wildman–Crippen MR) is 178 cm³/mol. The lowest BCUT2D eigenvalue weighted by atomic mass is 10.0. The maximum Gasteiger partial charge on any atom is 0.472 e. The molecule has 0 aliphatic heterocycles. The molecule has 0 aromatic heterocycles. The largest absolute Gasteiger partial charge is 0.472 e. The normalized spacial score (nSPS) is 13.6. The lowest BCUT2D eigenvalue weighted by Gasteiger charge is -2.19. The molecule has 0 rings (SSSR count). The molecular formula is C34H66NO8P. The van der Waals surface area contributed by atoms with E-state index in [1.54, 1.807) is 0 Å². The lowest BCUT2D eigenvalue weighted by Crippen LogP contribution is -2.29. The Morgan fingerprint density at radius 3 is 1.68 bits per heavy atom. The van der Waals surface area contributed by atoms with Gasteiger partial charge in [-0.25, -0.2) is 4.57 Å². The highest BCUT2D eigenvalue weighted by molar-refractivity contribution is 7.47. The fourth-order valence-electron chi connectivity index (χ4n) is 4.73. The maximum atomic E-state index is 12.5. The first-order chi connectivity index (χ1) is 21.3. The van der Waals surface area contributed by atoms with Crippen molar-refractivity contribution in [1.82, 2.24) is 0 Å². The van der Waals surface area contributed by atoms with E-state index in [2.05, 4.69) is 26.0 Å². The summed E-state index contributed by atoms with van der Waals surface area (Å²) >= 11 is 0. The van der Waals surface area contributed by atoms with Crippen LogP contribution in [0.5, 0.6) is 0 Å². The van der Waals surface area contributed by atoms with Gasteiger partial charge in [0.25, 0.3) is 0 Å². The maximum absolute atomic E-state index is 12.5. The SMILES string of the molecule is CCCC/C=C/CCCCCCCC(=O)OC[C@H](COP(=O)(O)OCCN)OC(=O)CCCCCCCCCCCCCC. The standard InChI is InChI=1S/C34H66NO8P/c1-3-5-7-9-11-13-15-17-19-21-23-25-27-34(37)43-32(31-42-44(38,39)41-29-28-35)30-40-33(36)26-24-22-20-18-16-14-12-10-8-6-4-2/h10,12,32H,3-9,11,13-31,35H2,1-2H3,(H,38,39)/b12-10+/t32-/m1/s1. The van der Waals surface area contributed by atoms with E-state index in [0.717, 1.165) is 57.8 Å². The van der Waals surface area contributed by atoms with E-state index in [4.69, 9.17) is 24.3 Å². The highest BCUT2D eigenvalue weighted by atomic mass is 31.2. The molecule has 10 heteroatoms. The molecule has 0 bridgehead atoms. The molecule has 0 spiro atoms. The van der Waals surface area contributed by atoms with E-state index in [9.17, 15) is 19.0 Å². The van der Waals surface area contributed by atoms with Gasteiger partial charge in [0.1, 0.15) is 6.61 Å². The smallest absolute Gasteiger partial charge is 0.462 e. The molecule has 0 heterocycles. The van der Waals surface area contributed by atoms with Crippen molar-refractivity contribution in [3.8, 4) is 0 Å². The minimum Gasteiger partial charge on any atom is -0.462 e. The summed E-state index contributed by atoms with van der Waals surface area (Å²) in [5.74, 6) is -0.838. The molecule has 44 heavy (non-hydrogen) atoms. The van der Waals surface area contributed by atoms with Gasteiger partial charge in [-0.2, -0.15) is 0 Å². The summed E-state index contributed by atoms with van der Waals surface area (Å²) < 4.78 is 32.5. The molecule has 9 nitrogen and oxygen atoms in total. The minimum absolute atomic E-state index is 0.0546. The van der Waals surface area contributed by atoms with Gasteiger partial charge in [-0.3, -0.25) is 18.6 Å². The number of phosphoric acid groups is 1. The van der Waals surface area contributed by atoms with E-state index in [-0.39, 0.29) is 32.6 Å². The molecule has 0 fully saturated rings. The summed E-state index contributed by atoms with van der Waals surface area (Å²) in [4.78, 5) is 34.5. The van der Waals surface area contributed by atoms with Gasteiger partial charge < -0.3 is 20.1 Å². The van der Waals surface area contributed by atoms with Crippen LogP contribution >= 0.6 is 7.82 Å². The molecule has 0 aromatic carbocycles. The summed E-state index contributed by atoms with van der Waals surface area (Å²) in [6.45, 7) is 3.66. The van der Waals surface area contributed by atoms with E-state index in [1.807, 2.05) is 0 Å². The molecule has 0 amide bonds. The van der Waals surface area contributed by atoms with E-state index in [1.165, 1.54) is 70.6 Å². The Morgan fingerprint density at radius 2 is 1.14 bits per heavy atom. The molecular weight excluding hydrogens is 581 g/mol. The molecule has 0 saturated carbocycles. The van der Waals surface area contributed by atoms with E-state index < -0.39 is 32.5 Å². The number of allylic oxidation sites excluding steroid dienone is 2. The van der Waals surface area contributed by atoms with Crippen molar-refractivity contribution in [3.63, 3.8) is 0 Å². The van der Waals surface area contributed by atoms with Crippen LogP contribution in [0.25, 0.3) is 0 Å². The predicted octanol–water partition coefficient (Wildman–Crippen LogP) is 9.10. The zero-order valence-corrected chi connectivity index (χ0v) is 29.0. The van der Waals surface area contributed by atoms with Gasteiger partial charge in [-0.1, -0.05) is 129 Å². The van der Waals surface area contributed by atoms with Crippen molar-refractivity contribution in [1.29, 1.82) is 0 Å². The second-order valence-corrected chi connectivity index (χ2v) is 13.2. The molecule has 0 aliphatic rings. The molecule has 0 saturated heterocycles. The van der Waals surface area contributed by atoms with Crippen molar-refractivity contribution in [2.45, 2.75) is 168 Å². The number of ether oxygens (including phenoxy) is 2. The zero-order chi connectivity index (χ0) is 32.6. The van der Waals surface area contributed by atoms with Gasteiger partial charge in [-0.15, -0.1) is 0 Å². The second-order valence-electron chi connectivity index (χ2n) is 11.7. The Morgan fingerprint density at radius 1 is 0.659 bits per heavy atom. The fourth-order valence-corrected chi connectivity index (χ4v) is 5.50. The summed E-state index contributed by atoms with van der Waals surface area (Å²) in [6.07, 6.45) is 28.1.